The SMILES string of the molecule is CC.CC.Cc1cccc(S(=O)NCC(C)N)c1. The van der Waals surface area contributed by atoms with Gasteiger partial charge in [-0.15, -0.1) is 0 Å². The molecule has 0 spiro atoms. The van der Waals surface area contributed by atoms with Crippen molar-refractivity contribution in [3.8, 4) is 0 Å². The Labute approximate surface area is 115 Å². The largest absolute Gasteiger partial charge is 0.327 e. The lowest BCUT2D eigenvalue weighted by Crippen LogP contribution is -2.32. The van der Waals surface area contributed by atoms with Crippen LogP contribution in [0.2, 0.25) is 0 Å². The van der Waals surface area contributed by atoms with Gasteiger partial charge in [-0.25, -0.2) is 8.93 Å². The third kappa shape index (κ3) is 9.33. The van der Waals surface area contributed by atoms with Crippen molar-refractivity contribution in [2.45, 2.75) is 52.5 Å². The highest BCUT2D eigenvalue weighted by molar-refractivity contribution is 7.83. The van der Waals surface area contributed by atoms with Crippen LogP contribution < -0.4 is 10.5 Å². The van der Waals surface area contributed by atoms with Crippen molar-refractivity contribution in [3.63, 3.8) is 0 Å². The maximum atomic E-state index is 11.6. The minimum Gasteiger partial charge on any atom is -0.327 e. The molecule has 0 aliphatic rings. The van der Waals surface area contributed by atoms with Gasteiger partial charge >= 0.3 is 0 Å². The summed E-state index contributed by atoms with van der Waals surface area (Å²) >= 11 is 0. The molecule has 0 radical (unpaired) electrons. The lowest BCUT2D eigenvalue weighted by molar-refractivity contribution is 0.656. The second-order valence-corrected chi connectivity index (χ2v) is 4.71. The minimum absolute atomic E-state index is 0.0174. The second kappa shape index (κ2) is 12.7. The maximum absolute atomic E-state index is 11.6. The van der Waals surface area contributed by atoms with E-state index < -0.39 is 11.0 Å². The molecule has 18 heavy (non-hydrogen) atoms. The number of nitrogens with one attached hydrogen (secondary N) is 1. The summed E-state index contributed by atoms with van der Waals surface area (Å²) in [5.74, 6) is 0. The van der Waals surface area contributed by atoms with E-state index in [-0.39, 0.29) is 6.04 Å². The third-order valence-electron chi connectivity index (χ3n) is 1.74. The molecule has 0 saturated carbocycles. The van der Waals surface area contributed by atoms with Crippen molar-refractivity contribution in [3.05, 3.63) is 29.8 Å². The summed E-state index contributed by atoms with van der Waals surface area (Å²) in [6.07, 6.45) is 0. The Morgan fingerprint density at radius 1 is 1.28 bits per heavy atom. The lowest BCUT2D eigenvalue weighted by Gasteiger charge is -2.07. The van der Waals surface area contributed by atoms with Gasteiger partial charge in [0, 0.05) is 12.6 Å². The van der Waals surface area contributed by atoms with Crippen molar-refractivity contribution in [1.29, 1.82) is 0 Å². The van der Waals surface area contributed by atoms with Crippen LogP contribution in [-0.4, -0.2) is 16.8 Å². The number of hydrogen-bond acceptors (Lipinski definition) is 2. The molecule has 2 atom stereocenters. The van der Waals surface area contributed by atoms with Crippen LogP contribution in [0.15, 0.2) is 29.2 Å². The monoisotopic (exact) mass is 272 g/mol. The van der Waals surface area contributed by atoms with E-state index in [2.05, 4.69) is 4.72 Å². The fraction of sp³-hybridized carbons (Fsp3) is 0.571. The number of nitrogens with two attached hydrogens (primary N) is 1. The summed E-state index contributed by atoms with van der Waals surface area (Å²) in [4.78, 5) is 0.797. The van der Waals surface area contributed by atoms with E-state index in [1.165, 1.54) is 0 Å². The fourth-order valence-electron chi connectivity index (χ4n) is 1.02. The van der Waals surface area contributed by atoms with Crippen LogP contribution in [0.25, 0.3) is 0 Å². The smallest absolute Gasteiger partial charge is 0.124 e. The normalized spacial score (nSPS) is 12.4. The first-order valence-corrected chi connectivity index (χ1v) is 7.72. The van der Waals surface area contributed by atoms with Crippen LogP contribution in [-0.2, 0) is 11.0 Å². The van der Waals surface area contributed by atoms with Gasteiger partial charge < -0.3 is 5.73 Å². The van der Waals surface area contributed by atoms with Gasteiger partial charge in [0.25, 0.3) is 0 Å². The Balaban J connectivity index is 0. The van der Waals surface area contributed by atoms with Crippen molar-refractivity contribution in [2.75, 3.05) is 6.54 Å². The molecule has 0 fully saturated rings. The van der Waals surface area contributed by atoms with Crippen molar-refractivity contribution in [2.24, 2.45) is 5.73 Å². The van der Waals surface area contributed by atoms with E-state index in [0.717, 1.165) is 10.5 Å². The Bertz CT molecular complexity index is 327. The molecule has 0 aromatic heterocycles. The molecular formula is C14H28N2OS. The zero-order valence-corrected chi connectivity index (χ0v) is 13.3. The third-order valence-corrected chi connectivity index (χ3v) is 2.85. The van der Waals surface area contributed by atoms with E-state index in [1.807, 2.05) is 65.8 Å². The minimum atomic E-state index is -1.14. The molecule has 106 valence electrons. The number of rotatable bonds is 4. The molecule has 0 bridgehead atoms. The molecule has 1 aromatic rings. The second-order valence-electron chi connectivity index (χ2n) is 3.41. The summed E-state index contributed by atoms with van der Waals surface area (Å²) in [7, 11) is -1.14. The van der Waals surface area contributed by atoms with Crippen LogP contribution >= 0.6 is 0 Å². The van der Waals surface area contributed by atoms with E-state index in [9.17, 15) is 4.21 Å². The van der Waals surface area contributed by atoms with Crippen molar-refractivity contribution in [1.82, 2.24) is 4.72 Å². The molecule has 3 nitrogen and oxygen atoms in total. The molecule has 4 heteroatoms. The molecule has 0 aliphatic heterocycles. The topological polar surface area (TPSA) is 55.1 Å². The van der Waals surface area contributed by atoms with Crippen molar-refractivity contribution < 1.29 is 4.21 Å². The predicted octanol–water partition coefficient (Wildman–Crippen LogP) is 3.01. The van der Waals surface area contributed by atoms with Gasteiger partial charge in [0.2, 0.25) is 0 Å². The zero-order valence-electron chi connectivity index (χ0n) is 12.5. The molecule has 1 aromatic carbocycles. The van der Waals surface area contributed by atoms with Crippen LogP contribution in [0.1, 0.15) is 40.2 Å². The average Bonchev–Trinajstić information content (AvgIpc) is 2.40. The van der Waals surface area contributed by atoms with Gasteiger partial charge in [-0.3, -0.25) is 0 Å². The molecule has 1 rings (SSSR count). The quantitative estimate of drug-likeness (QED) is 0.885. The van der Waals surface area contributed by atoms with E-state index in [4.69, 9.17) is 5.73 Å². The lowest BCUT2D eigenvalue weighted by atomic mass is 10.2. The first-order chi connectivity index (χ1) is 8.59. The molecular weight excluding hydrogens is 244 g/mol. The standard InChI is InChI=1S/C10H16N2OS.2C2H6/c1-8-4-3-5-10(6-8)14(13)12-7-9(2)11;2*1-2/h3-6,9,12H,7,11H2,1-2H3;2*1-2H3. The number of benzene rings is 1. The van der Waals surface area contributed by atoms with Gasteiger partial charge in [0.05, 0.1) is 4.90 Å². The first-order valence-electron chi connectivity index (χ1n) is 6.57. The first kappa shape index (κ1) is 19.6. The molecule has 0 heterocycles. The molecule has 0 saturated heterocycles. The Kier molecular flexibility index (Phi) is 13.9. The van der Waals surface area contributed by atoms with Crippen LogP contribution in [0.3, 0.4) is 0 Å². The average molecular weight is 272 g/mol. The summed E-state index contributed by atoms with van der Waals surface area (Å²) in [5.41, 5.74) is 6.66. The summed E-state index contributed by atoms with van der Waals surface area (Å²) < 4.78 is 14.5. The predicted molar refractivity (Wildman–Crippen MR) is 81.9 cm³/mol. The van der Waals surface area contributed by atoms with Crippen LogP contribution in [0, 0.1) is 6.92 Å². The van der Waals surface area contributed by atoms with E-state index in [0.29, 0.717) is 6.54 Å². The van der Waals surface area contributed by atoms with Crippen LogP contribution in [0.4, 0.5) is 0 Å². The highest BCUT2D eigenvalue weighted by atomic mass is 32.2. The Morgan fingerprint density at radius 2 is 1.83 bits per heavy atom. The molecule has 0 amide bonds. The summed E-state index contributed by atoms with van der Waals surface area (Å²) in [6.45, 7) is 12.4. The molecule has 0 aliphatic carbocycles. The highest BCUT2D eigenvalue weighted by Crippen LogP contribution is 2.06. The van der Waals surface area contributed by atoms with Gasteiger partial charge in [0.1, 0.15) is 11.0 Å². The summed E-state index contributed by atoms with van der Waals surface area (Å²) in [5, 5.41) is 0. The number of aryl methyl sites for hydroxylation is 1. The Morgan fingerprint density at radius 3 is 2.28 bits per heavy atom. The fourth-order valence-corrected chi connectivity index (χ4v) is 2.10. The molecule has 3 N–H and O–H groups in total. The van der Waals surface area contributed by atoms with Gasteiger partial charge in [-0.1, -0.05) is 39.8 Å². The van der Waals surface area contributed by atoms with Gasteiger partial charge in [-0.2, -0.15) is 0 Å². The Hall–Kier alpha value is -0.710. The van der Waals surface area contributed by atoms with Gasteiger partial charge in [0.15, 0.2) is 0 Å². The zero-order chi connectivity index (χ0) is 14.6. The van der Waals surface area contributed by atoms with Gasteiger partial charge in [-0.05, 0) is 31.5 Å². The highest BCUT2D eigenvalue weighted by Gasteiger charge is 2.03. The summed E-state index contributed by atoms with van der Waals surface area (Å²) in [6, 6.07) is 7.65. The van der Waals surface area contributed by atoms with Crippen molar-refractivity contribution >= 4 is 11.0 Å². The van der Waals surface area contributed by atoms with E-state index in [1.54, 1.807) is 0 Å². The van der Waals surface area contributed by atoms with Crippen LogP contribution in [0.5, 0.6) is 0 Å². The molecule has 2 unspecified atom stereocenters. The number of hydrogen-bond donors (Lipinski definition) is 2. The van der Waals surface area contributed by atoms with E-state index >= 15 is 0 Å². The maximum Gasteiger partial charge on any atom is 0.124 e.